The zero-order valence-corrected chi connectivity index (χ0v) is 16.5. The summed E-state index contributed by atoms with van der Waals surface area (Å²) in [6, 6.07) is 6.08. The fourth-order valence-electron chi connectivity index (χ4n) is 3.83. The normalized spacial score (nSPS) is 18.6. The lowest BCUT2D eigenvalue weighted by Gasteiger charge is -2.25. The van der Waals surface area contributed by atoms with E-state index >= 15 is 0 Å². The van der Waals surface area contributed by atoms with Gasteiger partial charge in [0.15, 0.2) is 0 Å². The van der Waals surface area contributed by atoms with Crippen LogP contribution in [0.1, 0.15) is 42.5 Å². The largest absolute Gasteiger partial charge is 0.341 e. The van der Waals surface area contributed by atoms with E-state index in [-0.39, 0.29) is 29.8 Å². The van der Waals surface area contributed by atoms with Gasteiger partial charge in [-0.1, -0.05) is 12.1 Å². The minimum atomic E-state index is -0.489. The van der Waals surface area contributed by atoms with Gasteiger partial charge >= 0.3 is 0 Å². The summed E-state index contributed by atoms with van der Waals surface area (Å²) in [5.74, 6) is 0.0544. The summed E-state index contributed by atoms with van der Waals surface area (Å²) in [7, 11) is 0. The molecule has 5 nitrogen and oxygen atoms in total. The van der Waals surface area contributed by atoms with Crippen LogP contribution in [0.3, 0.4) is 0 Å². The first kappa shape index (κ1) is 21.6. The van der Waals surface area contributed by atoms with Crippen molar-refractivity contribution in [2.24, 2.45) is 5.92 Å². The Morgan fingerprint density at radius 1 is 1.04 bits per heavy atom. The van der Waals surface area contributed by atoms with Crippen LogP contribution in [0, 0.1) is 11.7 Å². The molecule has 0 radical (unpaired) electrons. The number of halogens is 2. The van der Waals surface area contributed by atoms with Crippen molar-refractivity contribution in [2.45, 2.75) is 32.1 Å². The van der Waals surface area contributed by atoms with E-state index in [1.807, 2.05) is 4.90 Å². The van der Waals surface area contributed by atoms with E-state index in [1.165, 1.54) is 12.1 Å². The van der Waals surface area contributed by atoms with Gasteiger partial charge in [-0.05, 0) is 56.8 Å². The van der Waals surface area contributed by atoms with Crippen LogP contribution in [0.2, 0.25) is 0 Å². The molecule has 1 N–H and O–H groups in total. The quantitative estimate of drug-likeness (QED) is 0.849. The fourth-order valence-corrected chi connectivity index (χ4v) is 3.83. The molecule has 0 aromatic heterocycles. The van der Waals surface area contributed by atoms with Crippen LogP contribution in [0.25, 0.3) is 0 Å². The number of hydrogen-bond acceptors (Lipinski definition) is 3. The Morgan fingerprint density at radius 3 is 2.44 bits per heavy atom. The maximum Gasteiger partial charge on any atom is 0.256 e. The van der Waals surface area contributed by atoms with Gasteiger partial charge < -0.3 is 15.1 Å². The lowest BCUT2D eigenvalue weighted by molar-refractivity contribution is -0.131. The van der Waals surface area contributed by atoms with Gasteiger partial charge in [0.1, 0.15) is 5.82 Å². The Labute approximate surface area is 166 Å². The first-order chi connectivity index (χ1) is 12.6. The molecule has 27 heavy (non-hydrogen) atoms. The molecule has 3 rings (SSSR count). The smallest absolute Gasteiger partial charge is 0.256 e. The van der Waals surface area contributed by atoms with Crippen molar-refractivity contribution in [3.63, 3.8) is 0 Å². The monoisotopic (exact) mass is 397 g/mol. The number of nitrogens with zero attached hydrogens (tertiary/aromatic N) is 2. The molecular formula is C20H29ClFN3O2. The predicted octanol–water partition coefficient (Wildman–Crippen LogP) is 2.70. The highest BCUT2D eigenvalue weighted by Gasteiger charge is 2.24. The highest BCUT2D eigenvalue weighted by atomic mass is 35.5. The van der Waals surface area contributed by atoms with E-state index in [9.17, 15) is 14.0 Å². The second-order valence-electron chi connectivity index (χ2n) is 7.24. The van der Waals surface area contributed by atoms with Crippen LogP contribution < -0.4 is 5.32 Å². The predicted molar refractivity (Wildman–Crippen MR) is 106 cm³/mol. The molecule has 2 heterocycles. The fraction of sp³-hybridized carbons (Fsp3) is 0.600. The summed E-state index contributed by atoms with van der Waals surface area (Å²) in [6.45, 7) is 4.33. The number of carbonyl (C=O) groups excluding carboxylic acids is 2. The van der Waals surface area contributed by atoms with Gasteiger partial charge in [0.25, 0.3) is 5.91 Å². The SMILES string of the molecule is Cl.O=C(CCC1CCNCC1)N1CCCN(C(=O)c2ccccc2F)CC1. The minimum absolute atomic E-state index is 0. The third kappa shape index (κ3) is 5.91. The van der Waals surface area contributed by atoms with Gasteiger partial charge in [0.2, 0.25) is 5.91 Å². The molecule has 0 unspecified atom stereocenters. The second-order valence-corrected chi connectivity index (χ2v) is 7.24. The first-order valence-electron chi connectivity index (χ1n) is 9.67. The molecule has 0 saturated carbocycles. The average molecular weight is 398 g/mol. The molecule has 0 atom stereocenters. The number of amides is 2. The first-order valence-corrected chi connectivity index (χ1v) is 9.67. The minimum Gasteiger partial charge on any atom is -0.341 e. The molecule has 1 aromatic rings. The van der Waals surface area contributed by atoms with E-state index in [2.05, 4.69) is 5.32 Å². The summed E-state index contributed by atoms with van der Waals surface area (Å²) in [5.41, 5.74) is 0.109. The zero-order valence-electron chi connectivity index (χ0n) is 15.7. The molecule has 1 aromatic carbocycles. The van der Waals surface area contributed by atoms with E-state index in [4.69, 9.17) is 0 Å². The number of benzene rings is 1. The average Bonchev–Trinajstić information content (AvgIpc) is 2.93. The molecule has 2 aliphatic rings. The van der Waals surface area contributed by atoms with Gasteiger partial charge in [-0.25, -0.2) is 4.39 Å². The van der Waals surface area contributed by atoms with Crippen LogP contribution in [0.4, 0.5) is 4.39 Å². The number of piperidine rings is 1. The van der Waals surface area contributed by atoms with Crippen molar-refractivity contribution >= 4 is 24.2 Å². The summed E-state index contributed by atoms with van der Waals surface area (Å²) in [5, 5.41) is 3.35. The van der Waals surface area contributed by atoms with E-state index in [0.29, 0.717) is 38.5 Å². The molecule has 7 heteroatoms. The van der Waals surface area contributed by atoms with Gasteiger partial charge in [0.05, 0.1) is 5.56 Å². The van der Waals surface area contributed by atoms with E-state index in [1.54, 1.807) is 17.0 Å². The lowest BCUT2D eigenvalue weighted by atomic mass is 9.93. The summed E-state index contributed by atoms with van der Waals surface area (Å²) >= 11 is 0. The van der Waals surface area contributed by atoms with Gasteiger partial charge in [-0.15, -0.1) is 12.4 Å². The van der Waals surface area contributed by atoms with Crippen LogP contribution in [0.15, 0.2) is 24.3 Å². The standard InChI is InChI=1S/C20H28FN3O2.ClH/c21-18-5-2-1-4-17(18)20(26)24-13-3-12-23(14-15-24)19(25)7-6-16-8-10-22-11-9-16;/h1-2,4-5,16,22H,3,6-15H2;1H. The van der Waals surface area contributed by atoms with Crippen molar-refractivity contribution in [1.29, 1.82) is 0 Å². The van der Waals surface area contributed by atoms with Crippen LogP contribution >= 0.6 is 12.4 Å². The molecule has 0 aliphatic carbocycles. The number of carbonyl (C=O) groups is 2. The Kier molecular flexibility index (Phi) is 8.51. The van der Waals surface area contributed by atoms with Crippen molar-refractivity contribution in [2.75, 3.05) is 39.3 Å². The Hall–Kier alpha value is -1.66. The Bertz CT molecular complexity index is 637. The molecule has 150 valence electrons. The third-order valence-corrected chi connectivity index (χ3v) is 5.47. The number of nitrogens with one attached hydrogen (secondary N) is 1. The number of hydrogen-bond donors (Lipinski definition) is 1. The summed E-state index contributed by atoms with van der Waals surface area (Å²) in [6.07, 6.45) is 4.58. The molecule has 2 amide bonds. The van der Waals surface area contributed by atoms with Gasteiger partial charge in [-0.3, -0.25) is 9.59 Å². The van der Waals surface area contributed by atoms with Gasteiger partial charge in [-0.2, -0.15) is 0 Å². The van der Waals surface area contributed by atoms with Crippen molar-refractivity contribution in [3.8, 4) is 0 Å². The van der Waals surface area contributed by atoms with Crippen molar-refractivity contribution in [3.05, 3.63) is 35.6 Å². The third-order valence-electron chi connectivity index (χ3n) is 5.47. The number of rotatable bonds is 4. The Morgan fingerprint density at radius 2 is 1.70 bits per heavy atom. The van der Waals surface area contributed by atoms with Crippen LogP contribution in [0.5, 0.6) is 0 Å². The second kappa shape index (κ2) is 10.6. The van der Waals surface area contributed by atoms with E-state index < -0.39 is 5.82 Å². The maximum atomic E-state index is 13.9. The molecular weight excluding hydrogens is 369 g/mol. The highest BCUT2D eigenvalue weighted by molar-refractivity contribution is 5.94. The van der Waals surface area contributed by atoms with Crippen LogP contribution in [-0.4, -0.2) is 60.9 Å². The molecule has 2 fully saturated rings. The van der Waals surface area contributed by atoms with Gasteiger partial charge in [0, 0.05) is 32.6 Å². The van der Waals surface area contributed by atoms with Crippen molar-refractivity contribution in [1.82, 2.24) is 15.1 Å². The molecule has 0 bridgehead atoms. The zero-order chi connectivity index (χ0) is 18.4. The Balaban J connectivity index is 0.00000261. The summed E-state index contributed by atoms with van der Waals surface area (Å²) in [4.78, 5) is 28.6. The highest BCUT2D eigenvalue weighted by Crippen LogP contribution is 2.19. The molecule has 2 aliphatic heterocycles. The van der Waals surface area contributed by atoms with Crippen LogP contribution in [-0.2, 0) is 4.79 Å². The molecule has 2 saturated heterocycles. The lowest BCUT2D eigenvalue weighted by Crippen LogP contribution is -2.38. The summed E-state index contributed by atoms with van der Waals surface area (Å²) < 4.78 is 13.9. The van der Waals surface area contributed by atoms with E-state index in [0.717, 1.165) is 38.8 Å². The maximum absolute atomic E-state index is 13.9. The molecule has 0 spiro atoms. The topological polar surface area (TPSA) is 52.7 Å². The van der Waals surface area contributed by atoms with Crippen molar-refractivity contribution < 1.29 is 14.0 Å².